The highest BCUT2D eigenvalue weighted by Crippen LogP contribution is 2.35. The molecule has 2 rings (SSSR count). The molecule has 0 bridgehead atoms. The Balaban J connectivity index is 2.36. The van der Waals surface area contributed by atoms with Gasteiger partial charge in [0.1, 0.15) is 5.82 Å². The molecule has 0 amide bonds. The number of benzene rings is 1. The van der Waals surface area contributed by atoms with Crippen LogP contribution in [0, 0.1) is 5.82 Å². The van der Waals surface area contributed by atoms with Crippen LogP contribution in [-0.2, 0) is 0 Å². The third-order valence-corrected chi connectivity index (χ3v) is 2.36. The van der Waals surface area contributed by atoms with E-state index in [0.717, 1.165) is 0 Å². The van der Waals surface area contributed by atoms with E-state index in [0.29, 0.717) is 12.8 Å². The molecule has 0 aromatic heterocycles. The molecule has 1 aromatic carbocycles. The van der Waals surface area contributed by atoms with E-state index in [1.807, 2.05) is 0 Å². The van der Waals surface area contributed by atoms with Gasteiger partial charge >= 0.3 is 0 Å². The van der Waals surface area contributed by atoms with Crippen molar-refractivity contribution in [3.8, 4) is 0 Å². The van der Waals surface area contributed by atoms with E-state index in [2.05, 4.69) is 0 Å². The van der Waals surface area contributed by atoms with Crippen LogP contribution in [0.5, 0.6) is 0 Å². The van der Waals surface area contributed by atoms with Crippen LogP contribution in [0.4, 0.5) is 4.39 Å². The molecular weight excluding hydrogens is 169 g/mol. The first-order valence-electron chi connectivity index (χ1n) is 4.22. The van der Waals surface area contributed by atoms with Gasteiger partial charge in [0, 0.05) is 0 Å². The van der Waals surface area contributed by atoms with Gasteiger partial charge in [-0.3, -0.25) is 4.79 Å². The lowest BCUT2D eigenvalue weighted by molar-refractivity contribution is 0.0945. The number of hydrogen-bond acceptors (Lipinski definition) is 2. The molecule has 0 atom stereocenters. The Morgan fingerprint density at radius 1 is 1.38 bits per heavy atom. The van der Waals surface area contributed by atoms with Gasteiger partial charge in [0.05, 0.1) is 11.1 Å². The van der Waals surface area contributed by atoms with Crippen molar-refractivity contribution in [3.63, 3.8) is 0 Å². The van der Waals surface area contributed by atoms with E-state index in [1.54, 1.807) is 12.1 Å². The van der Waals surface area contributed by atoms with Crippen LogP contribution >= 0.6 is 0 Å². The minimum atomic E-state index is -0.776. The summed E-state index contributed by atoms with van der Waals surface area (Å²) in [5, 5.41) is 0. The van der Waals surface area contributed by atoms with Gasteiger partial charge in [0.2, 0.25) is 0 Å². The summed E-state index contributed by atoms with van der Waals surface area (Å²) in [5.41, 5.74) is 5.01. The number of ketones is 1. The summed E-state index contributed by atoms with van der Waals surface area (Å²) in [6.07, 6.45) is 1.33. The van der Waals surface area contributed by atoms with Crippen LogP contribution < -0.4 is 5.73 Å². The van der Waals surface area contributed by atoms with E-state index in [1.165, 1.54) is 12.1 Å². The van der Waals surface area contributed by atoms with E-state index in [4.69, 9.17) is 5.73 Å². The number of hydrogen-bond donors (Lipinski definition) is 1. The van der Waals surface area contributed by atoms with Gasteiger partial charge in [-0.15, -0.1) is 0 Å². The molecule has 2 N–H and O–H groups in total. The van der Waals surface area contributed by atoms with Crippen molar-refractivity contribution >= 4 is 5.78 Å². The van der Waals surface area contributed by atoms with Crippen molar-refractivity contribution in [2.24, 2.45) is 5.73 Å². The normalized spacial score (nSPS) is 18.3. The van der Waals surface area contributed by atoms with Crippen molar-refractivity contribution in [1.29, 1.82) is 0 Å². The molecule has 1 fully saturated rings. The third kappa shape index (κ3) is 1.35. The van der Waals surface area contributed by atoms with Crippen LogP contribution in [0.2, 0.25) is 0 Å². The summed E-state index contributed by atoms with van der Waals surface area (Å²) in [6, 6.07) is 5.95. The molecule has 1 aliphatic rings. The zero-order chi connectivity index (χ0) is 9.47. The van der Waals surface area contributed by atoms with Crippen LogP contribution in [-0.4, -0.2) is 11.3 Å². The van der Waals surface area contributed by atoms with Crippen molar-refractivity contribution in [2.45, 2.75) is 18.4 Å². The van der Waals surface area contributed by atoms with E-state index < -0.39 is 11.4 Å². The SMILES string of the molecule is NC1(C(=O)c2ccccc2F)CC1. The van der Waals surface area contributed by atoms with E-state index in [-0.39, 0.29) is 11.3 Å². The molecule has 68 valence electrons. The fraction of sp³-hybridized carbons (Fsp3) is 0.300. The van der Waals surface area contributed by atoms with Crippen molar-refractivity contribution < 1.29 is 9.18 Å². The largest absolute Gasteiger partial charge is 0.319 e. The van der Waals surface area contributed by atoms with Crippen LogP contribution in [0.1, 0.15) is 23.2 Å². The predicted octanol–water partition coefficient (Wildman–Crippen LogP) is 1.50. The molecule has 0 spiro atoms. The molecular formula is C10H10FNO. The lowest BCUT2D eigenvalue weighted by atomic mass is 10.0. The molecule has 0 unspecified atom stereocenters. The van der Waals surface area contributed by atoms with Crippen molar-refractivity contribution in [1.82, 2.24) is 0 Å². The van der Waals surface area contributed by atoms with Gasteiger partial charge in [0.25, 0.3) is 0 Å². The predicted molar refractivity (Wildman–Crippen MR) is 46.9 cm³/mol. The average molecular weight is 179 g/mol. The summed E-state index contributed by atoms with van der Waals surface area (Å²) < 4.78 is 13.1. The molecule has 1 aromatic rings. The Morgan fingerprint density at radius 2 is 2.00 bits per heavy atom. The second kappa shape index (κ2) is 2.64. The minimum absolute atomic E-state index is 0.113. The standard InChI is InChI=1S/C10H10FNO/c11-8-4-2-1-3-7(8)9(13)10(12)5-6-10/h1-4H,5-6,12H2. The first kappa shape index (κ1) is 8.38. The highest BCUT2D eigenvalue weighted by molar-refractivity contribution is 6.05. The quantitative estimate of drug-likeness (QED) is 0.699. The fourth-order valence-corrected chi connectivity index (χ4v) is 1.28. The number of rotatable bonds is 2. The zero-order valence-electron chi connectivity index (χ0n) is 7.09. The molecule has 0 heterocycles. The van der Waals surface area contributed by atoms with Crippen LogP contribution in [0.15, 0.2) is 24.3 Å². The number of carbonyl (C=O) groups excluding carboxylic acids is 1. The zero-order valence-corrected chi connectivity index (χ0v) is 7.09. The number of nitrogens with two attached hydrogens (primary N) is 1. The lowest BCUT2D eigenvalue weighted by Crippen LogP contribution is -2.33. The van der Waals surface area contributed by atoms with Gasteiger partial charge in [0.15, 0.2) is 5.78 Å². The highest BCUT2D eigenvalue weighted by atomic mass is 19.1. The minimum Gasteiger partial charge on any atom is -0.319 e. The Hall–Kier alpha value is -1.22. The monoisotopic (exact) mass is 179 g/mol. The Bertz CT molecular complexity index is 358. The fourth-order valence-electron chi connectivity index (χ4n) is 1.28. The first-order valence-corrected chi connectivity index (χ1v) is 4.22. The topological polar surface area (TPSA) is 43.1 Å². The van der Waals surface area contributed by atoms with Crippen LogP contribution in [0.25, 0.3) is 0 Å². The highest BCUT2D eigenvalue weighted by Gasteiger charge is 2.46. The molecule has 1 aliphatic carbocycles. The first-order chi connectivity index (χ1) is 6.13. The Morgan fingerprint density at radius 3 is 2.54 bits per heavy atom. The number of halogens is 1. The van der Waals surface area contributed by atoms with Crippen molar-refractivity contribution in [2.75, 3.05) is 0 Å². The number of carbonyl (C=O) groups is 1. The van der Waals surface area contributed by atoms with Gasteiger partial charge in [-0.1, -0.05) is 12.1 Å². The van der Waals surface area contributed by atoms with Crippen molar-refractivity contribution in [3.05, 3.63) is 35.6 Å². The summed E-state index contributed by atoms with van der Waals surface area (Å²) in [4.78, 5) is 11.6. The van der Waals surface area contributed by atoms with Gasteiger partial charge in [-0.05, 0) is 25.0 Å². The maximum atomic E-state index is 13.1. The second-order valence-corrected chi connectivity index (χ2v) is 3.47. The van der Waals surface area contributed by atoms with Gasteiger partial charge in [-0.25, -0.2) is 4.39 Å². The Labute approximate surface area is 75.6 Å². The van der Waals surface area contributed by atoms with Crippen LogP contribution in [0.3, 0.4) is 0 Å². The molecule has 2 nitrogen and oxygen atoms in total. The average Bonchev–Trinajstić information content (AvgIpc) is 2.85. The maximum absolute atomic E-state index is 13.1. The molecule has 0 radical (unpaired) electrons. The van der Waals surface area contributed by atoms with Gasteiger partial charge in [-0.2, -0.15) is 0 Å². The third-order valence-electron chi connectivity index (χ3n) is 2.36. The smallest absolute Gasteiger partial charge is 0.185 e. The molecule has 1 saturated carbocycles. The summed E-state index contributed by atoms with van der Waals surface area (Å²) >= 11 is 0. The molecule has 0 aliphatic heterocycles. The lowest BCUT2D eigenvalue weighted by Gasteiger charge is -2.07. The molecule has 13 heavy (non-hydrogen) atoms. The second-order valence-electron chi connectivity index (χ2n) is 3.47. The van der Waals surface area contributed by atoms with Gasteiger partial charge < -0.3 is 5.73 Å². The summed E-state index contributed by atoms with van der Waals surface area (Å²) in [5.74, 6) is -0.755. The van der Waals surface area contributed by atoms with E-state index in [9.17, 15) is 9.18 Å². The maximum Gasteiger partial charge on any atom is 0.185 e. The molecule has 0 saturated heterocycles. The van der Waals surface area contributed by atoms with E-state index >= 15 is 0 Å². The Kier molecular flexibility index (Phi) is 1.70. The molecule has 3 heteroatoms. The number of Topliss-reactive ketones (excluding diaryl/α,β-unsaturated/α-hetero) is 1. The summed E-state index contributed by atoms with van der Waals surface area (Å²) in [7, 11) is 0. The summed E-state index contributed by atoms with van der Waals surface area (Å²) in [6.45, 7) is 0.